The molecule has 1 aliphatic heterocycles. The molecule has 104 valence electrons. The van der Waals surface area contributed by atoms with Gasteiger partial charge in [0.1, 0.15) is 5.75 Å². The van der Waals surface area contributed by atoms with Gasteiger partial charge in [0.15, 0.2) is 0 Å². The summed E-state index contributed by atoms with van der Waals surface area (Å²) in [6.07, 6.45) is 2.95. The van der Waals surface area contributed by atoms with Crippen LogP contribution in [0.1, 0.15) is 29.2 Å². The second-order valence-electron chi connectivity index (χ2n) is 5.26. The fourth-order valence-corrected chi connectivity index (χ4v) is 2.86. The molecule has 2 nitrogen and oxygen atoms in total. The van der Waals surface area contributed by atoms with Crippen molar-refractivity contribution in [2.24, 2.45) is 5.73 Å². The van der Waals surface area contributed by atoms with Crippen LogP contribution >= 0.6 is 11.6 Å². The smallest absolute Gasteiger partial charge is 0.122 e. The van der Waals surface area contributed by atoms with Gasteiger partial charge in [0, 0.05) is 11.1 Å². The zero-order chi connectivity index (χ0) is 13.9. The molecule has 1 aliphatic rings. The maximum absolute atomic E-state index is 6.33. The fraction of sp³-hybridized carbons (Fsp3) is 0.294. The van der Waals surface area contributed by atoms with Crippen molar-refractivity contribution >= 4 is 11.6 Å². The molecular formula is C17H18ClNO. The van der Waals surface area contributed by atoms with Crippen LogP contribution in [0.25, 0.3) is 0 Å². The third kappa shape index (κ3) is 2.97. The first-order chi connectivity index (χ1) is 9.72. The van der Waals surface area contributed by atoms with Gasteiger partial charge in [-0.05, 0) is 54.2 Å². The van der Waals surface area contributed by atoms with E-state index >= 15 is 0 Å². The van der Waals surface area contributed by atoms with E-state index in [4.69, 9.17) is 22.1 Å². The molecule has 2 aromatic carbocycles. The molecule has 1 heterocycles. The van der Waals surface area contributed by atoms with Crippen LogP contribution in [0.5, 0.6) is 5.75 Å². The molecule has 0 bridgehead atoms. The molecule has 1 atom stereocenters. The second kappa shape index (κ2) is 5.86. The zero-order valence-electron chi connectivity index (χ0n) is 11.3. The second-order valence-corrected chi connectivity index (χ2v) is 5.70. The average molecular weight is 288 g/mol. The summed E-state index contributed by atoms with van der Waals surface area (Å²) in [5.74, 6) is 1.01. The van der Waals surface area contributed by atoms with Gasteiger partial charge in [0.05, 0.1) is 6.61 Å². The summed E-state index contributed by atoms with van der Waals surface area (Å²) >= 11 is 6.01. The monoisotopic (exact) mass is 287 g/mol. The fourth-order valence-electron chi connectivity index (χ4n) is 2.65. The molecule has 0 aliphatic carbocycles. The van der Waals surface area contributed by atoms with Crippen LogP contribution in [-0.2, 0) is 12.8 Å². The van der Waals surface area contributed by atoms with Crippen LogP contribution in [0.2, 0.25) is 5.02 Å². The Balaban J connectivity index is 1.78. The lowest BCUT2D eigenvalue weighted by molar-refractivity contribution is 0.288. The molecule has 0 fully saturated rings. The van der Waals surface area contributed by atoms with Crippen LogP contribution in [-0.4, -0.2) is 6.61 Å². The molecule has 0 spiro atoms. The molecule has 20 heavy (non-hydrogen) atoms. The molecule has 0 saturated heterocycles. The third-order valence-corrected chi connectivity index (χ3v) is 3.94. The molecule has 2 N–H and O–H groups in total. The number of aryl methyl sites for hydroxylation is 1. The molecule has 2 aromatic rings. The lowest BCUT2D eigenvalue weighted by atomic mass is 9.96. The Morgan fingerprint density at radius 3 is 2.95 bits per heavy atom. The van der Waals surface area contributed by atoms with E-state index in [0.29, 0.717) is 0 Å². The Morgan fingerprint density at radius 2 is 2.10 bits per heavy atom. The number of benzene rings is 2. The van der Waals surface area contributed by atoms with Crippen molar-refractivity contribution in [1.29, 1.82) is 0 Å². The van der Waals surface area contributed by atoms with E-state index in [9.17, 15) is 0 Å². The molecule has 3 heteroatoms. The van der Waals surface area contributed by atoms with Crippen molar-refractivity contribution in [1.82, 2.24) is 0 Å². The van der Waals surface area contributed by atoms with Crippen molar-refractivity contribution in [3.63, 3.8) is 0 Å². The molecular weight excluding hydrogens is 270 g/mol. The van der Waals surface area contributed by atoms with Gasteiger partial charge in [-0.2, -0.15) is 0 Å². The first-order valence-corrected chi connectivity index (χ1v) is 7.36. The van der Waals surface area contributed by atoms with E-state index in [1.54, 1.807) is 0 Å². The minimum absolute atomic E-state index is 0.0132. The Labute approximate surface area is 124 Å². The van der Waals surface area contributed by atoms with Crippen LogP contribution in [0.4, 0.5) is 0 Å². The first kappa shape index (κ1) is 13.5. The summed E-state index contributed by atoms with van der Waals surface area (Å²) in [5, 5.41) is 0.758. The summed E-state index contributed by atoms with van der Waals surface area (Å²) in [6.45, 7) is 0.820. The molecule has 0 saturated carbocycles. The number of hydrogen-bond acceptors (Lipinski definition) is 2. The summed E-state index contributed by atoms with van der Waals surface area (Å²) in [6, 6.07) is 14.2. The van der Waals surface area contributed by atoms with Crippen LogP contribution < -0.4 is 10.5 Å². The largest absolute Gasteiger partial charge is 0.493 e. The zero-order valence-corrected chi connectivity index (χ0v) is 12.1. The number of ether oxygens (including phenoxy) is 1. The Bertz CT molecular complexity index is 612. The lowest BCUT2D eigenvalue weighted by Gasteiger charge is -2.20. The highest BCUT2D eigenvalue weighted by Gasteiger charge is 2.14. The van der Waals surface area contributed by atoms with Gasteiger partial charge < -0.3 is 10.5 Å². The van der Waals surface area contributed by atoms with Gasteiger partial charge in [-0.3, -0.25) is 0 Å². The molecule has 3 rings (SSSR count). The average Bonchev–Trinajstić information content (AvgIpc) is 2.47. The quantitative estimate of drug-likeness (QED) is 0.929. The number of rotatable bonds is 3. The van der Waals surface area contributed by atoms with Crippen molar-refractivity contribution < 1.29 is 4.74 Å². The van der Waals surface area contributed by atoms with E-state index < -0.39 is 0 Å². The Hall–Kier alpha value is -1.51. The van der Waals surface area contributed by atoms with E-state index in [1.165, 1.54) is 11.1 Å². The summed E-state index contributed by atoms with van der Waals surface area (Å²) in [4.78, 5) is 0. The van der Waals surface area contributed by atoms with Gasteiger partial charge in [-0.25, -0.2) is 0 Å². The topological polar surface area (TPSA) is 35.2 Å². The minimum Gasteiger partial charge on any atom is -0.493 e. The molecule has 0 aromatic heterocycles. The van der Waals surface area contributed by atoms with Gasteiger partial charge in [-0.1, -0.05) is 35.9 Å². The molecule has 0 amide bonds. The highest BCUT2D eigenvalue weighted by atomic mass is 35.5. The maximum atomic E-state index is 6.33. The summed E-state index contributed by atoms with van der Waals surface area (Å²) < 4.78 is 5.63. The van der Waals surface area contributed by atoms with E-state index in [2.05, 4.69) is 18.2 Å². The standard InChI is InChI=1S/C17H18ClNO/c18-15-5-1-3-12(9-15)10-16(19)13-6-7-17-14(11-13)4-2-8-20-17/h1,3,5-7,9,11,16H,2,4,8,10,19H2. The SMILES string of the molecule is NC(Cc1cccc(Cl)c1)c1ccc2c(c1)CCCO2. The Kier molecular flexibility index (Phi) is 3.95. The van der Waals surface area contributed by atoms with Gasteiger partial charge in [0.25, 0.3) is 0 Å². The van der Waals surface area contributed by atoms with E-state index in [0.717, 1.165) is 42.2 Å². The molecule has 0 radical (unpaired) electrons. The van der Waals surface area contributed by atoms with Crippen LogP contribution in [0.15, 0.2) is 42.5 Å². The van der Waals surface area contributed by atoms with E-state index in [-0.39, 0.29) is 6.04 Å². The summed E-state index contributed by atoms with van der Waals surface area (Å²) in [7, 11) is 0. The molecule has 1 unspecified atom stereocenters. The number of fused-ring (bicyclic) bond motifs is 1. The minimum atomic E-state index is -0.0132. The first-order valence-electron chi connectivity index (χ1n) is 6.98. The highest BCUT2D eigenvalue weighted by Crippen LogP contribution is 2.28. The van der Waals surface area contributed by atoms with Crippen LogP contribution in [0, 0.1) is 0 Å². The predicted octanol–water partition coefficient (Wildman–Crippen LogP) is 3.91. The van der Waals surface area contributed by atoms with Gasteiger partial charge >= 0.3 is 0 Å². The van der Waals surface area contributed by atoms with Crippen molar-refractivity contribution in [3.05, 3.63) is 64.2 Å². The number of hydrogen-bond donors (Lipinski definition) is 1. The number of nitrogens with two attached hydrogens (primary N) is 1. The van der Waals surface area contributed by atoms with Crippen molar-refractivity contribution in [2.45, 2.75) is 25.3 Å². The van der Waals surface area contributed by atoms with Crippen molar-refractivity contribution in [2.75, 3.05) is 6.61 Å². The maximum Gasteiger partial charge on any atom is 0.122 e. The van der Waals surface area contributed by atoms with Gasteiger partial charge in [0.2, 0.25) is 0 Å². The lowest BCUT2D eigenvalue weighted by Crippen LogP contribution is -2.15. The van der Waals surface area contributed by atoms with E-state index in [1.807, 2.05) is 24.3 Å². The Morgan fingerprint density at radius 1 is 1.20 bits per heavy atom. The van der Waals surface area contributed by atoms with Gasteiger partial charge in [-0.15, -0.1) is 0 Å². The van der Waals surface area contributed by atoms with Crippen molar-refractivity contribution in [3.8, 4) is 5.75 Å². The van der Waals surface area contributed by atoms with Crippen LogP contribution in [0.3, 0.4) is 0 Å². The predicted molar refractivity (Wildman–Crippen MR) is 82.3 cm³/mol. The number of halogens is 1. The highest BCUT2D eigenvalue weighted by molar-refractivity contribution is 6.30. The summed E-state index contributed by atoms with van der Waals surface area (Å²) in [5.41, 5.74) is 9.93. The normalized spacial score (nSPS) is 15.3. The third-order valence-electron chi connectivity index (χ3n) is 3.71.